The van der Waals surface area contributed by atoms with Crippen molar-refractivity contribution in [2.75, 3.05) is 19.9 Å². The number of aromatic nitrogens is 3. The van der Waals surface area contributed by atoms with Crippen LogP contribution >= 0.6 is 0 Å². The molecule has 0 spiro atoms. The molecule has 2 aromatic heterocycles. The summed E-state index contributed by atoms with van der Waals surface area (Å²) in [5.74, 6) is 0.324. The highest BCUT2D eigenvalue weighted by molar-refractivity contribution is 5.97. The number of nitrogens with zero attached hydrogens (tertiary/aromatic N) is 3. The van der Waals surface area contributed by atoms with Crippen molar-refractivity contribution in [3.8, 4) is 11.5 Å². The monoisotopic (exact) mass is 465 g/mol. The number of amides is 2. The first kappa shape index (κ1) is 22.1. The third kappa shape index (κ3) is 4.28. The summed E-state index contributed by atoms with van der Waals surface area (Å²) in [5, 5.41) is 20.8. The predicted octanol–water partition coefficient (Wildman–Crippen LogP) is 2.19. The number of nitrogens with one attached hydrogen (secondary N) is 2. The van der Waals surface area contributed by atoms with Gasteiger partial charge in [-0.15, -0.1) is 0 Å². The van der Waals surface area contributed by atoms with Gasteiger partial charge in [0.15, 0.2) is 17.1 Å². The number of hydrogen-bond acceptors (Lipinski definition) is 7. The molecule has 178 valence electrons. The van der Waals surface area contributed by atoms with Gasteiger partial charge in [0.2, 0.25) is 6.79 Å². The second kappa shape index (κ2) is 8.94. The molecular weight excluding hydrogens is 438 g/mol. The van der Waals surface area contributed by atoms with Crippen LogP contribution in [-0.4, -0.2) is 57.2 Å². The zero-order valence-electron chi connectivity index (χ0n) is 18.9. The molecule has 3 N–H and O–H groups in total. The number of fused-ring (bicyclic) bond motifs is 2. The minimum Gasteiger partial charge on any atom is -0.454 e. The Morgan fingerprint density at radius 2 is 1.91 bits per heavy atom. The molecule has 1 fully saturated rings. The fraction of sp³-hybridized carbons (Fsp3) is 0.417. The summed E-state index contributed by atoms with van der Waals surface area (Å²) < 4.78 is 12.5. The molecule has 2 amide bonds. The van der Waals surface area contributed by atoms with Crippen LogP contribution in [0.4, 0.5) is 0 Å². The number of pyridine rings is 1. The topological polar surface area (TPSA) is 128 Å². The molecule has 0 saturated heterocycles. The molecule has 1 aromatic carbocycles. The molecule has 1 aliphatic heterocycles. The van der Waals surface area contributed by atoms with Gasteiger partial charge < -0.3 is 25.2 Å². The summed E-state index contributed by atoms with van der Waals surface area (Å²) in [7, 11) is 0. The lowest BCUT2D eigenvalue weighted by Crippen LogP contribution is -2.56. The summed E-state index contributed by atoms with van der Waals surface area (Å²) >= 11 is 0. The number of carbonyl (C=O) groups excluding carboxylic acids is 2. The van der Waals surface area contributed by atoms with Crippen LogP contribution < -0.4 is 20.1 Å². The van der Waals surface area contributed by atoms with Crippen LogP contribution in [-0.2, 0) is 0 Å². The number of aliphatic hydroxyl groups excluding tert-OH is 1. The maximum Gasteiger partial charge on any atom is 0.252 e. The van der Waals surface area contributed by atoms with Crippen molar-refractivity contribution >= 4 is 22.8 Å². The van der Waals surface area contributed by atoms with Crippen LogP contribution in [0.1, 0.15) is 59.4 Å². The Labute approximate surface area is 196 Å². The van der Waals surface area contributed by atoms with E-state index in [2.05, 4.69) is 20.7 Å². The van der Waals surface area contributed by atoms with E-state index in [1.807, 2.05) is 4.68 Å². The van der Waals surface area contributed by atoms with Crippen LogP contribution in [0.15, 0.2) is 36.7 Å². The number of hydrogen-bond donors (Lipinski definition) is 3. The minimum absolute atomic E-state index is 0.0258. The van der Waals surface area contributed by atoms with Gasteiger partial charge in [0.05, 0.1) is 29.9 Å². The fourth-order valence-electron chi connectivity index (χ4n) is 4.38. The maximum atomic E-state index is 12.8. The molecule has 1 saturated carbocycles. The van der Waals surface area contributed by atoms with Crippen molar-refractivity contribution in [1.82, 2.24) is 25.4 Å². The molecule has 10 heteroatoms. The second-order valence-corrected chi connectivity index (χ2v) is 9.09. The van der Waals surface area contributed by atoms with E-state index in [0.29, 0.717) is 28.7 Å². The molecule has 3 heterocycles. The van der Waals surface area contributed by atoms with Crippen molar-refractivity contribution in [2.45, 2.75) is 44.2 Å². The third-order valence-electron chi connectivity index (χ3n) is 6.40. The summed E-state index contributed by atoms with van der Waals surface area (Å²) in [6.07, 6.45) is 7.85. The Morgan fingerprint density at radius 3 is 2.71 bits per heavy atom. The van der Waals surface area contributed by atoms with Crippen molar-refractivity contribution in [3.63, 3.8) is 0 Å². The summed E-state index contributed by atoms with van der Waals surface area (Å²) in [6.45, 7) is 1.43. The van der Waals surface area contributed by atoms with Crippen LogP contribution in [0.5, 0.6) is 11.5 Å². The SMILES string of the molecule is CC(CO)(CNC(=O)c1cnc2c(cnn2C2CCCC2)c1)NC(=O)c1ccc2c(c1)OCO2. The first-order valence-electron chi connectivity index (χ1n) is 11.4. The van der Waals surface area contributed by atoms with E-state index in [1.54, 1.807) is 37.4 Å². The van der Waals surface area contributed by atoms with Crippen molar-refractivity contribution in [2.24, 2.45) is 0 Å². The van der Waals surface area contributed by atoms with E-state index < -0.39 is 11.4 Å². The lowest BCUT2D eigenvalue weighted by atomic mass is 10.0. The van der Waals surface area contributed by atoms with Crippen LogP contribution in [0.2, 0.25) is 0 Å². The van der Waals surface area contributed by atoms with Gasteiger partial charge in [-0.1, -0.05) is 12.8 Å². The van der Waals surface area contributed by atoms with Crippen LogP contribution in [0.3, 0.4) is 0 Å². The standard InChI is InChI=1S/C24H27N5O5/c1-24(13-30,28-23(32)15-6-7-19-20(9-15)34-14-33-19)12-26-22(31)17-8-16-11-27-29(21(16)25-10-17)18-4-2-3-5-18/h6-11,18,30H,2-5,12-14H2,1H3,(H,26,31)(H,28,32). The van der Waals surface area contributed by atoms with E-state index in [9.17, 15) is 14.7 Å². The summed E-state index contributed by atoms with van der Waals surface area (Å²) in [4.78, 5) is 30.0. The van der Waals surface area contributed by atoms with E-state index in [-0.39, 0.29) is 25.9 Å². The largest absolute Gasteiger partial charge is 0.454 e. The zero-order valence-corrected chi connectivity index (χ0v) is 18.9. The van der Waals surface area contributed by atoms with Gasteiger partial charge in [-0.3, -0.25) is 9.59 Å². The molecule has 1 aliphatic carbocycles. The van der Waals surface area contributed by atoms with Gasteiger partial charge in [-0.05, 0) is 44.0 Å². The molecule has 10 nitrogen and oxygen atoms in total. The van der Waals surface area contributed by atoms with Gasteiger partial charge in [0, 0.05) is 23.7 Å². The third-order valence-corrected chi connectivity index (χ3v) is 6.40. The number of carbonyl (C=O) groups is 2. The van der Waals surface area contributed by atoms with E-state index in [4.69, 9.17) is 9.47 Å². The number of rotatable bonds is 7. The van der Waals surface area contributed by atoms with Crippen molar-refractivity contribution in [1.29, 1.82) is 0 Å². The number of aliphatic hydroxyl groups is 1. The smallest absolute Gasteiger partial charge is 0.252 e. The Hall–Kier alpha value is -3.66. The summed E-state index contributed by atoms with van der Waals surface area (Å²) in [5.41, 5.74) is 0.457. The van der Waals surface area contributed by atoms with E-state index >= 15 is 0 Å². The Bertz CT molecular complexity index is 1240. The minimum atomic E-state index is -1.08. The van der Waals surface area contributed by atoms with Gasteiger partial charge in [0.1, 0.15) is 0 Å². The quantitative estimate of drug-likeness (QED) is 0.488. The Morgan fingerprint density at radius 1 is 1.12 bits per heavy atom. The molecule has 2 aliphatic rings. The number of benzene rings is 1. The molecule has 0 radical (unpaired) electrons. The van der Waals surface area contributed by atoms with E-state index in [0.717, 1.165) is 23.9 Å². The fourth-order valence-corrected chi connectivity index (χ4v) is 4.38. The number of ether oxygens (including phenoxy) is 2. The first-order valence-corrected chi connectivity index (χ1v) is 11.4. The van der Waals surface area contributed by atoms with Crippen molar-refractivity contribution in [3.05, 3.63) is 47.8 Å². The predicted molar refractivity (Wildman–Crippen MR) is 123 cm³/mol. The average molecular weight is 466 g/mol. The first-order chi connectivity index (χ1) is 16.5. The van der Waals surface area contributed by atoms with Gasteiger partial charge in [-0.25, -0.2) is 9.67 Å². The molecule has 1 unspecified atom stereocenters. The Kier molecular flexibility index (Phi) is 5.82. The molecule has 3 aromatic rings. The van der Waals surface area contributed by atoms with Gasteiger partial charge in [0.25, 0.3) is 11.8 Å². The molecular formula is C24H27N5O5. The molecule has 5 rings (SSSR count). The second-order valence-electron chi connectivity index (χ2n) is 9.09. The molecule has 34 heavy (non-hydrogen) atoms. The normalized spacial score (nSPS) is 17.0. The highest BCUT2D eigenvalue weighted by Crippen LogP contribution is 2.33. The Balaban J connectivity index is 1.24. The van der Waals surface area contributed by atoms with E-state index in [1.165, 1.54) is 19.0 Å². The zero-order chi connectivity index (χ0) is 23.7. The van der Waals surface area contributed by atoms with Gasteiger partial charge in [-0.2, -0.15) is 5.10 Å². The lowest BCUT2D eigenvalue weighted by molar-refractivity contribution is 0.0817. The highest BCUT2D eigenvalue weighted by atomic mass is 16.7. The average Bonchev–Trinajstić information content (AvgIpc) is 3.61. The van der Waals surface area contributed by atoms with Crippen molar-refractivity contribution < 1.29 is 24.2 Å². The summed E-state index contributed by atoms with van der Waals surface area (Å²) in [6, 6.07) is 6.99. The lowest BCUT2D eigenvalue weighted by Gasteiger charge is -2.29. The van der Waals surface area contributed by atoms with Crippen LogP contribution in [0, 0.1) is 0 Å². The molecule has 1 atom stereocenters. The van der Waals surface area contributed by atoms with Gasteiger partial charge >= 0.3 is 0 Å². The van der Waals surface area contributed by atoms with Crippen LogP contribution in [0.25, 0.3) is 11.0 Å². The maximum absolute atomic E-state index is 12.8. The highest BCUT2D eigenvalue weighted by Gasteiger charge is 2.28. The molecule has 0 bridgehead atoms.